The van der Waals surface area contributed by atoms with Crippen LogP contribution in [0.25, 0.3) is 0 Å². The van der Waals surface area contributed by atoms with Gasteiger partial charge in [0.05, 0.1) is 42.6 Å². The lowest BCUT2D eigenvalue weighted by atomic mass is 10.1. The molecule has 116 valence electrons. The van der Waals surface area contributed by atoms with Crippen molar-refractivity contribution < 1.29 is 4.39 Å². The summed E-state index contributed by atoms with van der Waals surface area (Å²) >= 11 is 24.1. The Labute approximate surface area is 151 Å². The van der Waals surface area contributed by atoms with Gasteiger partial charge >= 0.3 is 0 Å². The molecule has 0 aliphatic rings. The molecule has 3 nitrogen and oxygen atoms in total. The van der Waals surface area contributed by atoms with Gasteiger partial charge in [-0.25, -0.2) is 4.39 Å². The minimum absolute atomic E-state index is 0.0205. The van der Waals surface area contributed by atoms with E-state index in [4.69, 9.17) is 51.7 Å². The molecule has 0 spiro atoms. The highest BCUT2D eigenvalue weighted by Crippen LogP contribution is 2.43. The Morgan fingerprint density at radius 2 is 1.52 bits per heavy atom. The van der Waals surface area contributed by atoms with Crippen LogP contribution in [0.3, 0.4) is 0 Å². The number of nitrogens with one attached hydrogen (secondary N) is 1. The monoisotopic (exact) mass is 387 g/mol. The summed E-state index contributed by atoms with van der Waals surface area (Å²) in [6, 6.07) is 6.40. The van der Waals surface area contributed by atoms with Crippen molar-refractivity contribution in [2.24, 2.45) is 0 Å². The van der Waals surface area contributed by atoms with Crippen LogP contribution in [0.5, 0.6) is 0 Å². The van der Waals surface area contributed by atoms with E-state index in [1.54, 1.807) is 19.1 Å². The predicted molar refractivity (Wildman–Crippen MR) is 90.3 cm³/mol. The van der Waals surface area contributed by atoms with Gasteiger partial charge in [-0.3, -0.25) is 0 Å². The highest BCUT2D eigenvalue weighted by atomic mass is 35.5. The highest BCUT2D eigenvalue weighted by molar-refractivity contribution is 6.47. The molecule has 0 fully saturated rings. The molecule has 2 rings (SSSR count). The number of hydrogen-bond donors (Lipinski definition) is 1. The Hall–Kier alpha value is -1.69. The fourth-order valence-electron chi connectivity index (χ4n) is 1.93. The van der Waals surface area contributed by atoms with Crippen molar-refractivity contribution in [1.82, 2.24) is 0 Å². The zero-order valence-electron chi connectivity index (χ0n) is 11.4. The van der Waals surface area contributed by atoms with Gasteiger partial charge in [-0.2, -0.15) is 10.5 Å². The Morgan fingerprint density at radius 1 is 0.913 bits per heavy atom. The molecule has 2 aromatic rings. The Balaban J connectivity index is 2.72. The third kappa shape index (κ3) is 3.17. The zero-order chi connectivity index (χ0) is 17.3. The molecule has 0 saturated carbocycles. The van der Waals surface area contributed by atoms with Crippen molar-refractivity contribution in [2.75, 3.05) is 5.32 Å². The quantitative estimate of drug-likeness (QED) is 0.619. The summed E-state index contributed by atoms with van der Waals surface area (Å²) in [5.74, 6) is -0.633. The van der Waals surface area contributed by atoms with Gasteiger partial charge in [0.2, 0.25) is 0 Å². The summed E-state index contributed by atoms with van der Waals surface area (Å²) < 4.78 is 14.1. The van der Waals surface area contributed by atoms with Crippen molar-refractivity contribution in [2.45, 2.75) is 6.92 Å². The van der Waals surface area contributed by atoms with E-state index in [0.717, 1.165) is 0 Å². The molecule has 0 bridgehead atoms. The van der Waals surface area contributed by atoms with Crippen LogP contribution in [0.2, 0.25) is 20.1 Å². The number of anilines is 2. The van der Waals surface area contributed by atoms with E-state index < -0.39 is 5.82 Å². The van der Waals surface area contributed by atoms with Crippen LogP contribution in [-0.2, 0) is 0 Å². The fraction of sp³-hybridized carbons (Fsp3) is 0.0667. The first-order chi connectivity index (χ1) is 10.8. The molecule has 0 amide bonds. The highest BCUT2D eigenvalue weighted by Gasteiger charge is 2.23. The summed E-state index contributed by atoms with van der Waals surface area (Å²) in [7, 11) is 0. The average Bonchev–Trinajstić information content (AvgIpc) is 2.48. The van der Waals surface area contributed by atoms with Gasteiger partial charge in [0.1, 0.15) is 18.0 Å². The molecule has 0 radical (unpaired) electrons. The molecule has 0 atom stereocenters. The lowest BCUT2D eigenvalue weighted by Crippen LogP contribution is -2.01. The second-order valence-electron chi connectivity index (χ2n) is 4.52. The van der Waals surface area contributed by atoms with E-state index >= 15 is 0 Å². The topological polar surface area (TPSA) is 59.6 Å². The number of aryl methyl sites for hydroxylation is 1. The molecule has 0 heterocycles. The molecule has 0 aliphatic carbocycles. The molecule has 0 unspecified atom stereocenters. The van der Waals surface area contributed by atoms with Crippen LogP contribution in [0.4, 0.5) is 15.8 Å². The molecule has 1 N–H and O–H groups in total. The largest absolute Gasteiger partial charge is 0.350 e. The first kappa shape index (κ1) is 17.7. The number of nitriles is 2. The summed E-state index contributed by atoms with van der Waals surface area (Å²) in [6.45, 7) is 1.68. The third-order valence-electron chi connectivity index (χ3n) is 2.98. The summed E-state index contributed by atoms with van der Waals surface area (Å²) in [6.07, 6.45) is 0. The van der Waals surface area contributed by atoms with Gasteiger partial charge in [0.25, 0.3) is 0 Å². The summed E-state index contributed by atoms with van der Waals surface area (Å²) in [5.41, 5.74) is 0.269. The minimum atomic E-state index is -0.633. The maximum Gasteiger partial charge on any atom is 0.148 e. The van der Waals surface area contributed by atoms with E-state index in [2.05, 4.69) is 5.32 Å². The van der Waals surface area contributed by atoms with E-state index in [1.165, 1.54) is 6.07 Å². The maximum absolute atomic E-state index is 14.1. The van der Waals surface area contributed by atoms with Gasteiger partial charge < -0.3 is 5.32 Å². The standard InChI is InChI=1S/C15H6Cl4FN3/c1-6-2-9(16)15(10(20)3-6)23-14-8(5-22)11(17)7(4-21)12(18)13(14)19/h2-3,23H,1H3. The molecule has 0 aliphatic heterocycles. The van der Waals surface area contributed by atoms with E-state index in [9.17, 15) is 9.65 Å². The van der Waals surface area contributed by atoms with E-state index in [-0.39, 0.29) is 42.6 Å². The number of hydrogen-bond acceptors (Lipinski definition) is 3. The molecule has 2 aromatic carbocycles. The Morgan fingerprint density at radius 3 is 2.04 bits per heavy atom. The normalized spacial score (nSPS) is 10.1. The van der Waals surface area contributed by atoms with Crippen molar-refractivity contribution in [3.8, 4) is 12.1 Å². The first-order valence-electron chi connectivity index (χ1n) is 6.05. The average molecular weight is 389 g/mol. The van der Waals surface area contributed by atoms with Crippen LogP contribution in [-0.4, -0.2) is 0 Å². The van der Waals surface area contributed by atoms with Crippen LogP contribution in [0.15, 0.2) is 12.1 Å². The Kier molecular flexibility index (Phi) is 5.24. The van der Waals surface area contributed by atoms with Crippen molar-refractivity contribution in [1.29, 1.82) is 10.5 Å². The fourth-order valence-corrected chi connectivity index (χ4v) is 3.02. The number of halogens is 5. The predicted octanol–water partition coefficient (Wildman–Crippen LogP) is 6.23. The first-order valence-corrected chi connectivity index (χ1v) is 7.56. The lowest BCUT2D eigenvalue weighted by Gasteiger charge is -2.16. The second-order valence-corrected chi connectivity index (χ2v) is 6.06. The van der Waals surface area contributed by atoms with Gasteiger partial charge in [0.15, 0.2) is 0 Å². The van der Waals surface area contributed by atoms with Crippen LogP contribution in [0.1, 0.15) is 16.7 Å². The molecular weight excluding hydrogens is 383 g/mol. The lowest BCUT2D eigenvalue weighted by molar-refractivity contribution is 0.631. The zero-order valence-corrected chi connectivity index (χ0v) is 14.5. The van der Waals surface area contributed by atoms with Gasteiger partial charge in [-0.1, -0.05) is 46.4 Å². The van der Waals surface area contributed by atoms with E-state index in [0.29, 0.717) is 5.56 Å². The van der Waals surface area contributed by atoms with Crippen LogP contribution < -0.4 is 5.32 Å². The van der Waals surface area contributed by atoms with Crippen molar-refractivity contribution >= 4 is 57.8 Å². The number of benzene rings is 2. The number of nitrogens with zero attached hydrogens (tertiary/aromatic N) is 2. The van der Waals surface area contributed by atoms with Crippen molar-refractivity contribution in [3.05, 3.63) is 54.7 Å². The van der Waals surface area contributed by atoms with Crippen molar-refractivity contribution in [3.63, 3.8) is 0 Å². The van der Waals surface area contributed by atoms with Crippen LogP contribution in [0, 0.1) is 35.4 Å². The molecular formula is C15H6Cl4FN3. The third-order valence-corrected chi connectivity index (χ3v) is 4.51. The minimum Gasteiger partial charge on any atom is -0.350 e. The molecule has 0 saturated heterocycles. The number of rotatable bonds is 2. The van der Waals surface area contributed by atoms with Crippen LogP contribution >= 0.6 is 46.4 Å². The Bertz CT molecular complexity index is 874. The second kappa shape index (κ2) is 6.83. The van der Waals surface area contributed by atoms with Gasteiger partial charge in [-0.15, -0.1) is 0 Å². The smallest absolute Gasteiger partial charge is 0.148 e. The molecule has 23 heavy (non-hydrogen) atoms. The maximum atomic E-state index is 14.1. The van der Waals surface area contributed by atoms with Gasteiger partial charge in [-0.05, 0) is 24.6 Å². The molecule has 0 aromatic heterocycles. The SMILES string of the molecule is Cc1cc(F)c(Nc2c(Cl)c(Cl)c(C#N)c(Cl)c2C#N)c(Cl)c1. The van der Waals surface area contributed by atoms with E-state index in [1.807, 2.05) is 6.07 Å². The summed E-state index contributed by atoms with van der Waals surface area (Å²) in [4.78, 5) is 0. The van der Waals surface area contributed by atoms with Gasteiger partial charge in [0, 0.05) is 0 Å². The summed E-state index contributed by atoms with van der Waals surface area (Å²) in [5, 5.41) is 20.7. The molecule has 8 heteroatoms.